The molecule has 0 spiro atoms. The van der Waals surface area contributed by atoms with Crippen LogP contribution in [0.4, 0.5) is 0 Å². The molecule has 0 unspecified atom stereocenters. The Balaban J connectivity index is 2.32. The zero-order valence-electron chi connectivity index (χ0n) is 15.1. The summed E-state index contributed by atoms with van der Waals surface area (Å²) in [6, 6.07) is 9.11. The number of unbranched alkanes of at least 4 members (excludes halogenated alkanes) is 4. The highest BCUT2D eigenvalue weighted by atomic mass is 28.3. The van der Waals surface area contributed by atoms with E-state index in [0.717, 1.165) is 12.8 Å². The van der Waals surface area contributed by atoms with Gasteiger partial charge in [0.25, 0.3) is 0 Å². The molecule has 0 saturated heterocycles. The Morgan fingerprint density at radius 3 is 2.18 bits per heavy atom. The molecule has 0 saturated carbocycles. The van der Waals surface area contributed by atoms with Crippen LogP contribution in [0, 0.1) is 0 Å². The summed E-state index contributed by atoms with van der Waals surface area (Å²) < 4.78 is 0. The number of hydrogen-bond donors (Lipinski definition) is 0. The number of benzene rings is 1. The van der Waals surface area contributed by atoms with Gasteiger partial charge in [-0.3, -0.25) is 0 Å². The molecule has 1 aromatic rings. The van der Waals surface area contributed by atoms with E-state index < -0.39 is 8.07 Å². The molecular formula is C21H34Si. The minimum atomic E-state index is -1.18. The van der Waals surface area contributed by atoms with Crippen molar-refractivity contribution >= 4 is 18.8 Å². The molecule has 0 bridgehead atoms. The van der Waals surface area contributed by atoms with Crippen molar-refractivity contribution in [1.29, 1.82) is 0 Å². The van der Waals surface area contributed by atoms with Gasteiger partial charge in [0, 0.05) is 0 Å². The Labute approximate surface area is 139 Å². The fraction of sp³-hybridized carbons (Fsp3) is 0.524. The lowest BCUT2D eigenvalue weighted by molar-refractivity contribution is 0.674. The zero-order chi connectivity index (χ0) is 16.4. The molecule has 0 aliphatic heterocycles. The van der Waals surface area contributed by atoms with E-state index in [-0.39, 0.29) is 0 Å². The largest absolute Gasteiger partial charge is 0.0952 e. The van der Waals surface area contributed by atoms with Crippen LogP contribution in [0.15, 0.2) is 43.0 Å². The smallest absolute Gasteiger partial charge is 0.0775 e. The van der Waals surface area contributed by atoms with Crippen LogP contribution in [0.2, 0.25) is 19.6 Å². The molecule has 0 aromatic heterocycles. The molecule has 0 nitrogen and oxygen atoms in total. The second-order valence-corrected chi connectivity index (χ2v) is 12.4. The molecule has 0 N–H and O–H groups in total. The molecule has 1 heteroatoms. The van der Waals surface area contributed by atoms with Crippen LogP contribution in [-0.2, 0) is 0 Å². The maximum absolute atomic E-state index is 4.25. The highest BCUT2D eigenvalue weighted by Crippen LogP contribution is 2.18. The number of hydrogen-bond acceptors (Lipinski definition) is 0. The van der Waals surface area contributed by atoms with Crippen LogP contribution in [0.1, 0.15) is 57.4 Å². The Hall–Kier alpha value is -1.08. The fourth-order valence-corrected chi connectivity index (χ4v) is 3.70. The lowest BCUT2D eigenvalue weighted by atomic mass is 10.0. The molecule has 0 amide bonds. The average Bonchev–Trinajstić information content (AvgIpc) is 2.49. The van der Waals surface area contributed by atoms with Crippen molar-refractivity contribution < 1.29 is 0 Å². The monoisotopic (exact) mass is 314 g/mol. The molecule has 0 aliphatic rings. The van der Waals surface area contributed by atoms with Crippen molar-refractivity contribution in [3.8, 4) is 0 Å². The predicted molar refractivity (Wildman–Crippen MR) is 106 cm³/mol. The van der Waals surface area contributed by atoms with Gasteiger partial charge in [0.1, 0.15) is 0 Å². The SMILES string of the molecule is C=C(CC/C=C/CCCCCC)c1ccc([Si](C)(C)C)cc1. The molecule has 0 radical (unpaired) electrons. The summed E-state index contributed by atoms with van der Waals surface area (Å²) in [5, 5.41) is 1.52. The van der Waals surface area contributed by atoms with E-state index in [1.807, 2.05) is 0 Å². The molecule has 1 rings (SSSR count). The van der Waals surface area contributed by atoms with E-state index in [9.17, 15) is 0 Å². The van der Waals surface area contributed by atoms with Crippen LogP contribution >= 0.6 is 0 Å². The van der Waals surface area contributed by atoms with Crippen LogP contribution in [0.3, 0.4) is 0 Å². The Morgan fingerprint density at radius 1 is 0.955 bits per heavy atom. The van der Waals surface area contributed by atoms with Gasteiger partial charge in [-0.05, 0) is 36.8 Å². The van der Waals surface area contributed by atoms with Gasteiger partial charge in [-0.2, -0.15) is 0 Å². The molecule has 0 atom stereocenters. The van der Waals surface area contributed by atoms with Crippen LogP contribution < -0.4 is 5.19 Å². The second kappa shape index (κ2) is 9.84. The van der Waals surface area contributed by atoms with Gasteiger partial charge < -0.3 is 0 Å². The van der Waals surface area contributed by atoms with E-state index in [4.69, 9.17) is 0 Å². The normalized spacial score (nSPS) is 12.0. The average molecular weight is 315 g/mol. The summed E-state index contributed by atoms with van der Waals surface area (Å²) in [5.74, 6) is 0. The van der Waals surface area contributed by atoms with Gasteiger partial charge in [0.05, 0.1) is 8.07 Å². The fourth-order valence-electron chi connectivity index (χ4n) is 2.53. The van der Waals surface area contributed by atoms with Crippen LogP contribution in [0.5, 0.6) is 0 Å². The predicted octanol–water partition coefficient (Wildman–Crippen LogP) is 6.55. The summed E-state index contributed by atoms with van der Waals surface area (Å²) >= 11 is 0. The molecule has 0 aliphatic carbocycles. The first kappa shape index (κ1) is 19.0. The molecule has 0 heterocycles. The lowest BCUT2D eigenvalue weighted by Crippen LogP contribution is -2.37. The van der Waals surface area contributed by atoms with Crippen molar-refractivity contribution in [2.45, 2.75) is 71.5 Å². The van der Waals surface area contributed by atoms with Gasteiger partial charge in [0.15, 0.2) is 0 Å². The minimum absolute atomic E-state index is 1.07. The lowest BCUT2D eigenvalue weighted by Gasteiger charge is -2.17. The Kier molecular flexibility index (Phi) is 8.48. The highest BCUT2D eigenvalue weighted by molar-refractivity contribution is 6.88. The summed E-state index contributed by atoms with van der Waals surface area (Å²) in [7, 11) is -1.18. The summed E-state index contributed by atoms with van der Waals surface area (Å²) in [4.78, 5) is 0. The zero-order valence-corrected chi connectivity index (χ0v) is 16.1. The summed E-state index contributed by atoms with van der Waals surface area (Å²) in [6.45, 7) is 13.7. The van der Waals surface area contributed by atoms with Crippen molar-refractivity contribution in [1.82, 2.24) is 0 Å². The maximum atomic E-state index is 4.25. The second-order valence-electron chi connectivity index (χ2n) is 7.29. The first-order valence-electron chi connectivity index (χ1n) is 8.89. The quantitative estimate of drug-likeness (QED) is 0.261. The summed E-state index contributed by atoms with van der Waals surface area (Å²) in [5.41, 5.74) is 2.57. The van der Waals surface area contributed by atoms with Gasteiger partial charge in [-0.25, -0.2) is 0 Å². The molecule has 122 valence electrons. The van der Waals surface area contributed by atoms with Gasteiger partial charge >= 0.3 is 0 Å². The van der Waals surface area contributed by atoms with Gasteiger partial charge in [-0.1, -0.05) is 94.0 Å². The number of rotatable bonds is 10. The molecular weight excluding hydrogens is 280 g/mol. The van der Waals surface area contributed by atoms with E-state index in [2.05, 4.69) is 69.6 Å². The van der Waals surface area contributed by atoms with Crippen LogP contribution in [-0.4, -0.2) is 8.07 Å². The third-order valence-corrected chi connectivity index (χ3v) is 6.23. The molecule has 0 fully saturated rings. The maximum Gasteiger partial charge on any atom is 0.0775 e. The van der Waals surface area contributed by atoms with Crippen molar-refractivity contribution in [2.75, 3.05) is 0 Å². The van der Waals surface area contributed by atoms with Crippen molar-refractivity contribution in [2.24, 2.45) is 0 Å². The van der Waals surface area contributed by atoms with Crippen molar-refractivity contribution in [3.63, 3.8) is 0 Å². The summed E-state index contributed by atoms with van der Waals surface area (Å²) in [6.07, 6.45) is 13.5. The van der Waals surface area contributed by atoms with E-state index in [0.29, 0.717) is 0 Å². The third-order valence-electron chi connectivity index (χ3n) is 4.16. The topological polar surface area (TPSA) is 0 Å². The third kappa shape index (κ3) is 7.26. The molecule has 1 aromatic carbocycles. The standard InChI is InChI=1S/C21H34Si/c1-6-7-8-9-10-11-12-13-14-19(2)20-15-17-21(18-16-20)22(3,4)5/h11-12,15-18H,2,6-10,13-14H2,1,3-5H3/b12-11+. The number of allylic oxidation sites excluding steroid dienone is 3. The molecule has 22 heavy (non-hydrogen) atoms. The van der Waals surface area contributed by atoms with E-state index in [1.165, 1.54) is 48.4 Å². The van der Waals surface area contributed by atoms with E-state index in [1.54, 1.807) is 0 Å². The van der Waals surface area contributed by atoms with Gasteiger partial charge in [0.2, 0.25) is 0 Å². The first-order chi connectivity index (χ1) is 10.4. The Bertz CT molecular complexity index is 460. The van der Waals surface area contributed by atoms with Crippen molar-refractivity contribution in [3.05, 3.63) is 48.6 Å². The Morgan fingerprint density at radius 2 is 1.59 bits per heavy atom. The van der Waals surface area contributed by atoms with Gasteiger partial charge in [-0.15, -0.1) is 0 Å². The first-order valence-corrected chi connectivity index (χ1v) is 12.4. The highest BCUT2D eigenvalue weighted by Gasteiger charge is 2.15. The van der Waals surface area contributed by atoms with E-state index >= 15 is 0 Å². The minimum Gasteiger partial charge on any atom is -0.0952 e. The van der Waals surface area contributed by atoms with Crippen LogP contribution in [0.25, 0.3) is 5.57 Å².